The number of ether oxygens (including phenoxy) is 1. The van der Waals surface area contributed by atoms with Crippen molar-refractivity contribution in [2.75, 3.05) is 0 Å². The van der Waals surface area contributed by atoms with Crippen molar-refractivity contribution < 1.29 is 9.53 Å². The van der Waals surface area contributed by atoms with Crippen molar-refractivity contribution in [2.45, 2.75) is 6.10 Å². The summed E-state index contributed by atoms with van der Waals surface area (Å²) < 4.78 is 5.52. The summed E-state index contributed by atoms with van der Waals surface area (Å²) >= 11 is 12.1. The molecule has 21 heavy (non-hydrogen) atoms. The van der Waals surface area contributed by atoms with Crippen molar-refractivity contribution in [1.82, 2.24) is 4.98 Å². The van der Waals surface area contributed by atoms with Crippen molar-refractivity contribution in [3.63, 3.8) is 0 Å². The molecule has 3 nitrogen and oxygen atoms in total. The summed E-state index contributed by atoms with van der Waals surface area (Å²) in [5.41, 5.74) is 3.13. The number of nitrogens with one attached hydrogen (secondary N) is 1. The van der Waals surface area contributed by atoms with Gasteiger partial charge in [0, 0.05) is 28.2 Å². The van der Waals surface area contributed by atoms with Crippen LogP contribution in [0.25, 0.3) is 10.9 Å². The summed E-state index contributed by atoms with van der Waals surface area (Å²) in [7, 11) is 0. The third-order valence-corrected chi connectivity index (χ3v) is 4.45. The minimum atomic E-state index is -0.460. The average molecular weight is 318 g/mol. The van der Waals surface area contributed by atoms with Crippen molar-refractivity contribution in [1.29, 1.82) is 0 Å². The fourth-order valence-corrected chi connectivity index (χ4v) is 3.07. The first-order valence-corrected chi connectivity index (χ1v) is 7.16. The summed E-state index contributed by atoms with van der Waals surface area (Å²) in [6.45, 7) is 0. The van der Waals surface area contributed by atoms with Crippen LogP contribution in [0.3, 0.4) is 0 Å². The van der Waals surface area contributed by atoms with E-state index in [1.807, 2.05) is 30.5 Å². The van der Waals surface area contributed by atoms with Crippen LogP contribution in [0.1, 0.15) is 27.6 Å². The van der Waals surface area contributed by atoms with Crippen LogP contribution in [0.15, 0.2) is 42.6 Å². The smallest absolute Gasteiger partial charge is 0.339 e. The summed E-state index contributed by atoms with van der Waals surface area (Å²) in [5, 5.41) is 1.79. The van der Waals surface area contributed by atoms with Crippen molar-refractivity contribution >= 4 is 40.1 Å². The van der Waals surface area contributed by atoms with Crippen LogP contribution in [0.2, 0.25) is 10.0 Å². The Kier molecular flexibility index (Phi) is 2.74. The Bertz CT molecular complexity index is 885. The van der Waals surface area contributed by atoms with E-state index in [9.17, 15) is 4.79 Å². The molecule has 0 fully saturated rings. The van der Waals surface area contributed by atoms with Gasteiger partial charge in [-0.25, -0.2) is 4.79 Å². The zero-order chi connectivity index (χ0) is 14.6. The second-order valence-corrected chi connectivity index (χ2v) is 5.74. The summed E-state index contributed by atoms with van der Waals surface area (Å²) in [5.74, 6) is -0.376. The number of carbonyl (C=O) groups is 1. The van der Waals surface area contributed by atoms with Gasteiger partial charge in [-0.15, -0.1) is 0 Å². The first-order valence-electron chi connectivity index (χ1n) is 6.41. The lowest BCUT2D eigenvalue weighted by Gasteiger charge is -2.10. The van der Waals surface area contributed by atoms with Crippen LogP contribution >= 0.6 is 23.2 Å². The number of halogens is 2. The lowest BCUT2D eigenvalue weighted by Crippen LogP contribution is -1.99. The van der Waals surface area contributed by atoms with Crippen molar-refractivity contribution in [2.24, 2.45) is 0 Å². The minimum absolute atomic E-state index is 0.354. The highest BCUT2D eigenvalue weighted by atomic mass is 35.5. The molecule has 5 heteroatoms. The van der Waals surface area contributed by atoms with Gasteiger partial charge in [0.2, 0.25) is 0 Å². The normalized spacial score (nSPS) is 17.0. The molecule has 0 radical (unpaired) electrons. The van der Waals surface area contributed by atoms with E-state index >= 15 is 0 Å². The fourth-order valence-electron chi connectivity index (χ4n) is 2.73. The van der Waals surface area contributed by atoms with Crippen LogP contribution in [0, 0.1) is 0 Å². The summed E-state index contributed by atoms with van der Waals surface area (Å²) in [6.07, 6.45) is 1.40. The van der Waals surface area contributed by atoms with E-state index < -0.39 is 6.10 Å². The number of esters is 1. The SMILES string of the molecule is O=C1OC(c2c[nH]c3ccccc23)c2cc(Cl)c(Cl)cc21. The zero-order valence-corrected chi connectivity index (χ0v) is 12.2. The predicted octanol–water partition coefficient (Wildman–Crippen LogP) is 4.73. The molecule has 1 unspecified atom stereocenters. The van der Waals surface area contributed by atoms with Crippen LogP contribution in [0.5, 0.6) is 0 Å². The van der Waals surface area contributed by atoms with Gasteiger partial charge < -0.3 is 9.72 Å². The lowest BCUT2D eigenvalue weighted by molar-refractivity contribution is 0.0458. The number of aromatic amines is 1. The molecule has 2 heterocycles. The molecule has 0 saturated heterocycles. The Morgan fingerprint density at radius 3 is 2.67 bits per heavy atom. The minimum Gasteiger partial charge on any atom is -0.449 e. The molecule has 0 saturated carbocycles. The Hall–Kier alpha value is -1.97. The number of fused-ring (bicyclic) bond motifs is 2. The van der Waals surface area contributed by atoms with Gasteiger partial charge >= 0.3 is 5.97 Å². The monoisotopic (exact) mass is 317 g/mol. The van der Waals surface area contributed by atoms with Gasteiger partial charge in [-0.3, -0.25) is 0 Å². The second-order valence-electron chi connectivity index (χ2n) is 4.93. The van der Waals surface area contributed by atoms with Crippen molar-refractivity contribution in [3.8, 4) is 0 Å². The topological polar surface area (TPSA) is 42.1 Å². The third-order valence-electron chi connectivity index (χ3n) is 3.72. The molecule has 1 atom stereocenters. The molecule has 2 aromatic carbocycles. The third kappa shape index (κ3) is 1.85. The molecule has 0 amide bonds. The molecule has 1 N–H and O–H groups in total. The van der Waals surface area contributed by atoms with E-state index in [0.717, 1.165) is 22.0 Å². The Balaban J connectivity index is 1.93. The highest BCUT2D eigenvalue weighted by Crippen LogP contribution is 2.41. The molecule has 104 valence electrons. The van der Waals surface area contributed by atoms with Gasteiger partial charge in [0.05, 0.1) is 15.6 Å². The van der Waals surface area contributed by atoms with E-state index in [4.69, 9.17) is 27.9 Å². The number of carbonyl (C=O) groups excluding carboxylic acids is 1. The van der Waals surface area contributed by atoms with Crippen LogP contribution in [-0.2, 0) is 4.74 Å². The number of aromatic nitrogens is 1. The predicted molar refractivity (Wildman–Crippen MR) is 82.0 cm³/mol. The van der Waals surface area contributed by atoms with Gasteiger partial charge in [-0.2, -0.15) is 0 Å². The molecular weight excluding hydrogens is 309 g/mol. The second kappa shape index (κ2) is 4.52. The highest BCUT2D eigenvalue weighted by Gasteiger charge is 2.34. The highest BCUT2D eigenvalue weighted by molar-refractivity contribution is 6.42. The summed E-state index contributed by atoms with van der Waals surface area (Å²) in [6, 6.07) is 11.1. The maximum absolute atomic E-state index is 12.0. The summed E-state index contributed by atoms with van der Waals surface area (Å²) in [4.78, 5) is 15.2. The number of hydrogen-bond donors (Lipinski definition) is 1. The zero-order valence-electron chi connectivity index (χ0n) is 10.7. The van der Waals surface area contributed by atoms with Gasteiger partial charge in [0.25, 0.3) is 0 Å². The Morgan fingerprint density at radius 1 is 1.05 bits per heavy atom. The first-order chi connectivity index (χ1) is 10.1. The molecule has 1 aromatic heterocycles. The number of benzene rings is 2. The average Bonchev–Trinajstić information content (AvgIpc) is 3.02. The number of cyclic esters (lactones) is 1. The van der Waals surface area contributed by atoms with E-state index in [2.05, 4.69) is 4.98 Å². The molecule has 1 aliphatic rings. The van der Waals surface area contributed by atoms with E-state index in [-0.39, 0.29) is 5.97 Å². The van der Waals surface area contributed by atoms with Crippen molar-refractivity contribution in [3.05, 3.63) is 69.3 Å². The van der Waals surface area contributed by atoms with Gasteiger partial charge in [-0.1, -0.05) is 41.4 Å². The molecule has 4 rings (SSSR count). The standard InChI is InChI=1S/C16H9Cl2NO2/c17-12-5-9-10(6-13(12)18)16(20)21-15(9)11-7-19-14-4-2-1-3-8(11)14/h1-7,15,19H. The fraction of sp³-hybridized carbons (Fsp3) is 0.0625. The first kappa shape index (κ1) is 12.7. The number of hydrogen-bond acceptors (Lipinski definition) is 2. The molecule has 0 aliphatic carbocycles. The number of para-hydroxylation sites is 1. The van der Waals surface area contributed by atoms with E-state index in [1.54, 1.807) is 12.1 Å². The van der Waals surface area contributed by atoms with Crippen LogP contribution in [0.4, 0.5) is 0 Å². The van der Waals surface area contributed by atoms with Crippen LogP contribution in [-0.4, -0.2) is 11.0 Å². The van der Waals surface area contributed by atoms with E-state index in [1.165, 1.54) is 0 Å². The molecule has 0 bridgehead atoms. The number of rotatable bonds is 1. The molecule has 1 aliphatic heterocycles. The van der Waals surface area contributed by atoms with E-state index in [0.29, 0.717) is 15.6 Å². The lowest BCUT2D eigenvalue weighted by atomic mass is 9.99. The largest absolute Gasteiger partial charge is 0.449 e. The maximum Gasteiger partial charge on any atom is 0.339 e. The Morgan fingerprint density at radius 2 is 1.81 bits per heavy atom. The molecular formula is C16H9Cl2NO2. The van der Waals surface area contributed by atoms with Crippen LogP contribution < -0.4 is 0 Å². The van der Waals surface area contributed by atoms with Gasteiger partial charge in [0.15, 0.2) is 6.10 Å². The van der Waals surface area contributed by atoms with Gasteiger partial charge in [-0.05, 0) is 18.2 Å². The quantitative estimate of drug-likeness (QED) is 0.659. The Labute approximate surface area is 130 Å². The molecule has 0 spiro atoms. The van der Waals surface area contributed by atoms with Gasteiger partial charge in [0.1, 0.15) is 0 Å². The molecule has 3 aromatic rings. The maximum atomic E-state index is 12.0. The number of H-pyrrole nitrogens is 1.